The average Bonchev–Trinajstić information content (AvgIpc) is 3.32. The molecule has 1 fully saturated rings. The standard InChI is InChI=1S/C21H27N5O2S/c1-12-15(4)29-20-18(12)21(28)25(11-22-20)10-8-17(27)26-9-6-7-16(26)19-13(2)23-24(5)14(19)3/h11,16H,6-10H2,1-5H3. The molecular formula is C21H27N5O2S. The van der Waals surface area contributed by atoms with Crippen molar-refractivity contribution in [2.45, 2.75) is 59.5 Å². The predicted molar refractivity (Wildman–Crippen MR) is 114 cm³/mol. The molecule has 8 heteroatoms. The molecule has 0 aliphatic carbocycles. The molecule has 1 unspecified atom stereocenters. The number of nitrogens with zero attached hydrogens (tertiary/aromatic N) is 5. The summed E-state index contributed by atoms with van der Waals surface area (Å²) in [4.78, 5) is 34.2. The number of rotatable bonds is 4. The van der Waals surface area contributed by atoms with Crippen LogP contribution in [0.15, 0.2) is 11.1 Å². The summed E-state index contributed by atoms with van der Waals surface area (Å²) in [6, 6.07) is 0.0790. The lowest BCUT2D eigenvalue weighted by Gasteiger charge is -2.25. The molecule has 3 aromatic heterocycles. The van der Waals surface area contributed by atoms with E-state index in [0.29, 0.717) is 18.4 Å². The summed E-state index contributed by atoms with van der Waals surface area (Å²) >= 11 is 1.54. The third-order valence-electron chi connectivity index (χ3n) is 6.19. The summed E-state index contributed by atoms with van der Waals surface area (Å²) in [5.74, 6) is 0.0837. The van der Waals surface area contributed by atoms with Crippen LogP contribution in [0, 0.1) is 27.7 Å². The van der Waals surface area contributed by atoms with Crippen molar-refractivity contribution in [3.63, 3.8) is 0 Å². The van der Waals surface area contributed by atoms with Crippen molar-refractivity contribution in [1.29, 1.82) is 0 Å². The molecule has 7 nitrogen and oxygen atoms in total. The van der Waals surface area contributed by atoms with Crippen LogP contribution in [0.3, 0.4) is 0 Å². The van der Waals surface area contributed by atoms with E-state index in [2.05, 4.69) is 17.0 Å². The molecule has 1 aliphatic rings. The highest BCUT2D eigenvalue weighted by Crippen LogP contribution is 2.35. The zero-order valence-corrected chi connectivity index (χ0v) is 18.5. The smallest absolute Gasteiger partial charge is 0.262 e. The Kier molecular flexibility index (Phi) is 5.06. The number of fused-ring (bicyclic) bond motifs is 1. The molecule has 4 heterocycles. The van der Waals surface area contributed by atoms with Crippen molar-refractivity contribution in [1.82, 2.24) is 24.2 Å². The van der Waals surface area contributed by atoms with Crippen LogP contribution in [0.1, 0.15) is 52.7 Å². The summed E-state index contributed by atoms with van der Waals surface area (Å²) in [5.41, 5.74) is 4.21. The molecule has 3 aromatic rings. The normalized spacial score (nSPS) is 16.9. The molecule has 1 aliphatic heterocycles. The first-order chi connectivity index (χ1) is 13.8. The summed E-state index contributed by atoms with van der Waals surface area (Å²) in [7, 11) is 1.94. The molecule has 0 bridgehead atoms. The van der Waals surface area contributed by atoms with Crippen LogP contribution in [-0.2, 0) is 18.4 Å². The summed E-state index contributed by atoms with van der Waals surface area (Å²) in [5, 5.41) is 5.20. The predicted octanol–water partition coefficient (Wildman–Crippen LogP) is 3.18. The minimum Gasteiger partial charge on any atom is -0.335 e. The molecular weight excluding hydrogens is 386 g/mol. The van der Waals surface area contributed by atoms with E-state index in [4.69, 9.17) is 0 Å². The molecule has 0 saturated carbocycles. The van der Waals surface area contributed by atoms with Crippen LogP contribution in [-0.4, -0.2) is 36.7 Å². The Morgan fingerprint density at radius 1 is 1.28 bits per heavy atom. The van der Waals surface area contributed by atoms with Gasteiger partial charge >= 0.3 is 0 Å². The number of carbonyl (C=O) groups is 1. The minimum atomic E-state index is -0.0541. The highest BCUT2D eigenvalue weighted by molar-refractivity contribution is 7.18. The lowest BCUT2D eigenvalue weighted by atomic mass is 10.0. The zero-order chi connectivity index (χ0) is 20.9. The maximum absolute atomic E-state index is 13.0. The summed E-state index contributed by atoms with van der Waals surface area (Å²) in [6.07, 6.45) is 3.82. The second-order valence-corrected chi connectivity index (χ2v) is 9.11. The lowest BCUT2D eigenvalue weighted by Crippen LogP contribution is -2.32. The van der Waals surface area contributed by atoms with Crippen molar-refractivity contribution >= 4 is 27.5 Å². The van der Waals surface area contributed by atoms with E-state index in [0.717, 1.165) is 46.0 Å². The number of hydrogen-bond donors (Lipinski definition) is 0. The molecule has 154 valence electrons. The Morgan fingerprint density at radius 2 is 2.03 bits per heavy atom. The van der Waals surface area contributed by atoms with Crippen LogP contribution in [0.2, 0.25) is 0 Å². The molecule has 1 saturated heterocycles. The monoisotopic (exact) mass is 413 g/mol. The van der Waals surface area contributed by atoms with Gasteiger partial charge in [0.05, 0.1) is 23.4 Å². The average molecular weight is 414 g/mol. The number of carbonyl (C=O) groups excluding carboxylic acids is 1. The highest BCUT2D eigenvalue weighted by Gasteiger charge is 2.33. The molecule has 29 heavy (non-hydrogen) atoms. The number of aromatic nitrogens is 4. The zero-order valence-electron chi connectivity index (χ0n) is 17.7. The number of hydrogen-bond acceptors (Lipinski definition) is 5. The van der Waals surface area contributed by atoms with E-state index in [1.807, 2.05) is 37.4 Å². The Labute approximate surface area is 174 Å². The van der Waals surface area contributed by atoms with Gasteiger partial charge < -0.3 is 4.90 Å². The second-order valence-electron chi connectivity index (χ2n) is 7.91. The first kappa shape index (κ1) is 19.8. The van der Waals surface area contributed by atoms with Gasteiger partial charge in [0.2, 0.25) is 5.91 Å². The second kappa shape index (κ2) is 7.40. The van der Waals surface area contributed by atoms with E-state index < -0.39 is 0 Å². The highest BCUT2D eigenvalue weighted by atomic mass is 32.1. The fourth-order valence-electron chi connectivity index (χ4n) is 4.43. The van der Waals surface area contributed by atoms with Gasteiger partial charge in [0.15, 0.2) is 0 Å². The molecule has 1 atom stereocenters. The fraction of sp³-hybridized carbons (Fsp3) is 0.524. The van der Waals surface area contributed by atoms with Gasteiger partial charge in [-0.25, -0.2) is 4.98 Å². The molecule has 0 spiro atoms. The Morgan fingerprint density at radius 3 is 2.72 bits per heavy atom. The third kappa shape index (κ3) is 3.29. The van der Waals surface area contributed by atoms with E-state index in [9.17, 15) is 9.59 Å². The molecule has 4 rings (SSSR count). The molecule has 0 N–H and O–H groups in total. The maximum Gasteiger partial charge on any atom is 0.262 e. The van der Waals surface area contributed by atoms with Crippen molar-refractivity contribution in [3.05, 3.63) is 44.1 Å². The first-order valence-corrected chi connectivity index (χ1v) is 10.9. The Balaban J connectivity index is 1.54. The van der Waals surface area contributed by atoms with Crippen molar-refractivity contribution in [2.75, 3.05) is 6.54 Å². The van der Waals surface area contributed by atoms with Crippen molar-refractivity contribution in [2.24, 2.45) is 7.05 Å². The number of likely N-dealkylation sites (tertiary alicyclic amines) is 1. The van der Waals surface area contributed by atoms with Gasteiger partial charge in [-0.15, -0.1) is 11.3 Å². The largest absolute Gasteiger partial charge is 0.335 e. The van der Waals surface area contributed by atoms with Gasteiger partial charge in [-0.3, -0.25) is 18.8 Å². The van der Waals surface area contributed by atoms with Crippen LogP contribution in [0.4, 0.5) is 0 Å². The van der Waals surface area contributed by atoms with Gasteiger partial charge in [0, 0.05) is 42.7 Å². The van der Waals surface area contributed by atoms with Crippen LogP contribution >= 0.6 is 11.3 Å². The van der Waals surface area contributed by atoms with E-state index in [1.54, 1.807) is 22.2 Å². The van der Waals surface area contributed by atoms with E-state index >= 15 is 0 Å². The van der Waals surface area contributed by atoms with Gasteiger partial charge in [-0.1, -0.05) is 0 Å². The van der Waals surface area contributed by atoms with Crippen molar-refractivity contribution < 1.29 is 4.79 Å². The van der Waals surface area contributed by atoms with Gasteiger partial charge in [0.1, 0.15) is 4.83 Å². The number of thiophene rings is 1. The maximum atomic E-state index is 13.0. The molecule has 1 amide bonds. The topological polar surface area (TPSA) is 73.0 Å². The quantitative estimate of drug-likeness (QED) is 0.658. The van der Waals surface area contributed by atoms with Gasteiger partial charge in [-0.2, -0.15) is 5.10 Å². The molecule has 0 radical (unpaired) electrons. The first-order valence-electron chi connectivity index (χ1n) is 10.0. The van der Waals surface area contributed by atoms with Gasteiger partial charge in [-0.05, 0) is 46.1 Å². The fourth-order valence-corrected chi connectivity index (χ4v) is 5.41. The Hall–Kier alpha value is -2.48. The van der Waals surface area contributed by atoms with E-state index in [1.165, 1.54) is 5.56 Å². The SMILES string of the molecule is Cc1nn(C)c(C)c1C1CCCN1C(=O)CCn1cnc2sc(C)c(C)c2c1=O. The van der Waals surface area contributed by atoms with Crippen molar-refractivity contribution in [3.8, 4) is 0 Å². The van der Waals surface area contributed by atoms with Gasteiger partial charge in [0.25, 0.3) is 5.56 Å². The van der Waals surface area contributed by atoms with E-state index in [-0.39, 0.29) is 17.5 Å². The Bertz CT molecular complexity index is 1160. The summed E-state index contributed by atoms with van der Waals surface area (Å²) < 4.78 is 3.46. The molecule has 0 aromatic carbocycles. The van der Waals surface area contributed by atoms with Crippen LogP contribution in [0.25, 0.3) is 10.2 Å². The third-order valence-corrected chi connectivity index (χ3v) is 7.31. The minimum absolute atomic E-state index is 0.0541. The van der Waals surface area contributed by atoms with Crippen LogP contribution < -0.4 is 5.56 Å². The number of amides is 1. The lowest BCUT2D eigenvalue weighted by molar-refractivity contribution is -0.132. The van der Waals surface area contributed by atoms with Crippen LogP contribution in [0.5, 0.6) is 0 Å². The summed E-state index contributed by atoms with van der Waals surface area (Å²) in [6.45, 7) is 9.14. The number of aryl methyl sites for hydroxylation is 5.